The van der Waals surface area contributed by atoms with E-state index in [9.17, 15) is 9.59 Å². The Bertz CT molecular complexity index is 571. The first-order chi connectivity index (χ1) is 10.2. The fraction of sp³-hybridized carbons (Fsp3) is 0.625. The van der Waals surface area contributed by atoms with Gasteiger partial charge in [-0.15, -0.1) is 0 Å². The molecule has 0 spiro atoms. The fourth-order valence-corrected chi connectivity index (χ4v) is 3.18. The summed E-state index contributed by atoms with van der Waals surface area (Å²) in [5, 5.41) is 3.00. The third kappa shape index (κ3) is 3.18. The lowest BCUT2D eigenvalue weighted by Crippen LogP contribution is -2.44. The summed E-state index contributed by atoms with van der Waals surface area (Å²) < 4.78 is 1.61. The molecular weight excluding hydrogens is 266 g/mol. The van der Waals surface area contributed by atoms with Crippen molar-refractivity contribution in [3.8, 4) is 0 Å². The normalized spacial score (nSPS) is 20.4. The molecule has 1 unspecified atom stereocenters. The zero-order valence-corrected chi connectivity index (χ0v) is 12.5. The number of carbonyl (C=O) groups excluding carboxylic acids is 1. The summed E-state index contributed by atoms with van der Waals surface area (Å²) in [6.07, 6.45) is 6.43. The van der Waals surface area contributed by atoms with Crippen molar-refractivity contribution in [2.75, 3.05) is 18.4 Å². The molecule has 1 aromatic rings. The minimum Gasteiger partial charge on any atom is -0.323 e. The fourth-order valence-electron chi connectivity index (χ4n) is 3.18. The molecular formula is C16H23N3O2. The van der Waals surface area contributed by atoms with Crippen molar-refractivity contribution in [1.82, 2.24) is 9.47 Å². The van der Waals surface area contributed by atoms with E-state index in [-0.39, 0.29) is 17.5 Å². The lowest BCUT2D eigenvalue weighted by atomic mass is 10.1. The van der Waals surface area contributed by atoms with Crippen LogP contribution in [0.4, 0.5) is 5.69 Å². The number of likely N-dealkylation sites (tertiary alicyclic amines) is 1. The second-order valence-electron chi connectivity index (χ2n) is 6.06. The molecule has 2 fully saturated rings. The van der Waals surface area contributed by atoms with Crippen LogP contribution in [0.3, 0.4) is 0 Å². The van der Waals surface area contributed by atoms with Crippen LogP contribution in [0.15, 0.2) is 23.1 Å². The molecule has 3 rings (SSSR count). The number of amides is 1. The highest BCUT2D eigenvalue weighted by Gasteiger charge is 2.40. The van der Waals surface area contributed by atoms with E-state index in [0.717, 1.165) is 25.9 Å². The number of nitrogens with zero attached hydrogens (tertiary/aromatic N) is 2. The van der Waals surface area contributed by atoms with Gasteiger partial charge >= 0.3 is 0 Å². The van der Waals surface area contributed by atoms with E-state index in [1.165, 1.54) is 18.9 Å². The highest BCUT2D eigenvalue weighted by Crippen LogP contribution is 2.37. The van der Waals surface area contributed by atoms with E-state index >= 15 is 0 Å². The standard InChI is InChI=1S/C16H23N3O2/c1-2-18-11-13(7-8-14(18)20)17-16(21)15(12-5-6-12)19-9-3-4-10-19/h7-8,11-12,15H,2-6,9-10H2,1H3,(H,17,21). The minimum atomic E-state index is -0.0335. The quantitative estimate of drug-likeness (QED) is 0.897. The summed E-state index contributed by atoms with van der Waals surface area (Å²) >= 11 is 0. The van der Waals surface area contributed by atoms with E-state index < -0.39 is 0 Å². The maximum absolute atomic E-state index is 12.6. The molecule has 0 bridgehead atoms. The molecule has 5 nitrogen and oxygen atoms in total. The van der Waals surface area contributed by atoms with Crippen molar-refractivity contribution in [3.05, 3.63) is 28.7 Å². The van der Waals surface area contributed by atoms with Gasteiger partial charge in [-0.05, 0) is 57.7 Å². The maximum Gasteiger partial charge on any atom is 0.250 e. The van der Waals surface area contributed by atoms with Crippen molar-refractivity contribution >= 4 is 11.6 Å². The van der Waals surface area contributed by atoms with Gasteiger partial charge in [0.05, 0.1) is 11.7 Å². The molecule has 1 aromatic heterocycles. The molecule has 0 aromatic carbocycles. The first-order valence-corrected chi connectivity index (χ1v) is 7.94. The molecule has 1 saturated carbocycles. The molecule has 0 radical (unpaired) electrons. The topological polar surface area (TPSA) is 54.3 Å². The van der Waals surface area contributed by atoms with Gasteiger partial charge < -0.3 is 9.88 Å². The summed E-state index contributed by atoms with van der Waals surface area (Å²) in [6, 6.07) is 3.22. The molecule has 5 heteroatoms. The third-order valence-electron chi connectivity index (χ3n) is 4.46. The van der Waals surface area contributed by atoms with E-state index in [2.05, 4.69) is 10.2 Å². The Hall–Kier alpha value is -1.62. The van der Waals surface area contributed by atoms with Crippen LogP contribution in [-0.4, -0.2) is 34.5 Å². The van der Waals surface area contributed by atoms with Crippen LogP contribution in [0, 0.1) is 5.92 Å². The Morgan fingerprint density at radius 1 is 1.33 bits per heavy atom. The van der Waals surface area contributed by atoms with Crippen molar-refractivity contribution in [2.45, 2.75) is 45.2 Å². The maximum atomic E-state index is 12.6. The zero-order valence-electron chi connectivity index (χ0n) is 12.5. The van der Waals surface area contributed by atoms with Gasteiger partial charge in [0.25, 0.3) is 5.56 Å². The predicted octanol–water partition coefficient (Wildman–Crippen LogP) is 1.68. The summed E-state index contributed by atoms with van der Waals surface area (Å²) in [4.78, 5) is 26.5. The Morgan fingerprint density at radius 3 is 2.67 bits per heavy atom. The van der Waals surface area contributed by atoms with Crippen LogP contribution in [0.25, 0.3) is 0 Å². The number of hydrogen-bond acceptors (Lipinski definition) is 3. The van der Waals surface area contributed by atoms with Gasteiger partial charge in [0.1, 0.15) is 0 Å². The lowest BCUT2D eigenvalue weighted by molar-refractivity contribution is -0.121. The Balaban J connectivity index is 1.73. The molecule has 1 N–H and O–H groups in total. The number of aryl methyl sites for hydroxylation is 1. The molecule has 1 saturated heterocycles. The number of pyridine rings is 1. The van der Waals surface area contributed by atoms with Crippen molar-refractivity contribution in [3.63, 3.8) is 0 Å². The Morgan fingerprint density at radius 2 is 2.05 bits per heavy atom. The van der Waals surface area contributed by atoms with Gasteiger partial charge in [0, 0.05) is 18.8 Å². The van der Waals surface area contributed by atoms with E-state index in [1.807, 2.05) is 6.92 Å². The highest BCUT2D eigenvalue weighted by atomic mass is 16.2. The Kier molecular flexibility index (Phi) is 4.10. The number of rotatable bonds is 5. The zero-order chi connectivity index (χ0) is 14.8. The van der Waals surface area contributed by atoms with Gasteiger partial charge in [-0.25, -0.2) is 0 Å². The van der Waals surface area contributed by atoms with E-state index in [1.54, 1.807) is 16.8 Å². The number of carbonyl (C=O) groups is 1. The smallest absolute Gasteiger partial charge is 0.250 e. The van der Waals surface area contributed by atoms with Crippen LogP contribution in [0.5, 0.6) is 0 Å². The number of aromatic nitrogens is 1. The van der Waals surface area contributed by atoms with Crippen molar-refractivity contribution < 1.29 is 4.79 Å². The monoisotopic (exact) mass is 289 g/mol. The summed E-state index contributed by atoms with van der Waals surface area (Å²) in [5.74, 6) is 0.598. The second kappa shape index (κ2) is 6.02. The number of hydrogen-bond donors (Lipinski definition) is 1. The van der Waals surface area contributed by atoms with Gasteiger partial charge in [0.2, 0.25) is 5.91 Å². The molecule has 1 aliphatic carbocycles. The van der Waals surface area contributed by atoms with Crippen LogP contribution < -0.4 is 10.9 Å². The average Bonchev–Trinajstić information content (AvgIpc) is 3.15. The van der Waals surface area contributed by atoms with E-state index in [4.69, 9.17) is 0 Å². The molecule has 1 aliphatic heterocycles. The highest BCUT2D eigenvalue weighted by molar-refractivity contribution is 5.95. The van der Waals surface area contributed by atoms with E-state index in [0.29, 0.717) is 18.2 Å². The van der Waals surface area contributed by atoms with Crippen LogP contribution in [0.2, 0.25) is 0 Å². The number of nitrogens with one attached hydrogen (secondary N) is 1. The SMILES string of the molecule is CCn1cc(NC(=O)C(C2CC2)N2CCCC2)ccc1=O. The summed E-state index contributed by atoms with van der Waals surface area (Å²) in [5.41, 5.74) is 0.681. The minimum absolute atomic E-state index is 0.00880. The molecule has 1 amide bonds. The first kappa shape index (κ1) is 14.3. The Labute approximate surface area is 124 Å². The van der Waals surface area contributed by atoms with Crippen molar-refractivity contribution in [1.29, 1.82) is 0 Å². The number of anilines is 1. The van der Waals surface area contributed by atoms with Gasteiger partial charge in [-0.3, -0.25) is 14.5 Å². The third-order valence-corrected chi connectivity index (χ3v) is 4.46. The first-order valence-electron chi connectivity index (χ1n) is 7.94. The molecule has 21 heavy (non-hydrogen) atoms. The van der Waals surface area contributed by atoms with Gasteiger partial charge in [-0.2, -0.15) is 0 Å². The van der Waals surface area contributed by atoms with Crippen LogP contribution in [-0.2, 0) is 11.3 Å². The van der Waals surface area contributed by atoms with Gasteiger partial charge in [-0.1, -0.05) is 0 Å². The molecule has 2 heterocycles. The van der Waals surface area contributed by atoms with Crippen LogP contribution >= 0.6 is 0 Å². The lowest BCUT2D eigenvalue weighted by Gasteiger charge is -2.26. The average molecular weight is 289 g/mol. The van der Waals surface area contributed by atoms with Crippen LogP contribution in [0.1, 0.15) is 32.6 Å². The second-order valence-corrected chi connectivity index (χ2v) is 6.06. The van der Waals surface area contributed by atoms with Gasteiger partial charge in [0.15, 0.2) is 0 Å². The predicted molar refractivity (Wildman–Crippen MR) is 82.3 cm³/mol. The molecule has 114 valence electrons. The summed E-state index contributed by atoms with van der Waals surface area (Å²) in [7, 11) is 0. The molecule has 1 atom stereocenters. The largest absolute Gasteiger partial charge is 0.323 e. The van der Waals surface area contributed by atoms with Crippen molar-refractivity contribution in [2.24, 2.45) is 5.92 Å². The summed E-state index contributed by atoms with van der Waals surface area (Å²) in [6.45, 7) is 4.59. The molecule has 2 aliphatic rings.